The quantitative estimate of drug-likeness (QED) is 0.402. The summed E-state index contributed by atoms with van der Waals surface area (Å²) >= 11 is 0. The first-order valence-corrected chi connectivity index (χ1v) is 7.91. The van der Waals surface area contributed by atoms with Crippen LogP contribution in [0.1, 0.15) is 54.4 Å². The van der Waals surface area contributed by atoms with E-state index in [4.69, 9.17) is 21.3 Å². The summed E-state index contributed by atoms with van der Waals surface area (Å²) in [4.78, 5) is 0. The van der Waals surface area contributed by atoms with Crippen LogP contribution in [0.5, 0.6) is 0 Å². The van der Waals surface area contributed by atoms with E-state index in [9.17, 15) is 0 Å². The van der Waals surface area contributed by atoms with Crippen molar-refractivity contribution in [2.75, 3.05) is 26.2 Å². The molecule has 0 unspecified atom stereocenters. The largest absolute Gasteiger partial charge is 0.661 e. The van der Waals surface area contributed by atoms with E-state index in [1.165, 1.54) is 0 Å². The van der Waals surface area contributed by atoms with Crippen molar-refractivity contribution in [3.8, 4) is 0 Å². The van der Waals surface area contributed by atoms with Gasteiger partial charge in [-0.2, -0.15) is 26.2 Å². The molecule has 1 radical (unpaired) electrons. The standard InChI is InChI=1S/C16H32N4.2CH3.Mn/c1-13-11-15(3,4)19-10-8-18-14(2)12-16(5,6)20-9-7-17-13;;;/h13-14H,7-12H2,1-6H3;2*1H3;/q-4;2*-1;/t13-,14+;;;. The smallest absolute Gasteiger partial charge is 0 e. The molecule has 2 atom stereocenters. The maximum Gasteiger partial charge on any atom is 0 e. The van der Waals surface area contributed by atoms with Gasteiger partial charge in [0.2, 0.25) is 0 Å². The zero-order valence-electron chi connectivity index (χ0n) is 16.6. The van der Waals surface area contributed by atoms with Gasteiger partial charge in [-0.15, -0.1) is 23.2 Å². The predicted molar refractivity (Wildman–Crippen MR) is 102 cm³/mol. The Bertz CT molecular complexity index is 254. The molecule has 1 fully saturated rings. The fraction of sp³-hybridized carbons (Fsp3) is 0.889. The molecule has 143 valence electrons. The van der Waals surface area contributed by atoms with E-state index in [1.807, 2.05) is 0 Å². The molecule has 0 aromatic carbocycles. The molecule has 1 aliphatic rings. The van der Waals surface area contributed by atoms with Crippen molar-refractivity contribution in [1.29, 1.82) is 0 Å². The summed E-state index contributed by atoms with van der Waals surface area (Å²) in [5.74, 6) is 0. The normalized spacial score (nSPS) is 29.0. The van der Waals surface area contributed by atoms with Gasteiger partial charge in [0.15, 0.2) is 0 Å². The first kappa shape index (κ1) is 28.2. The summed E-state index contributed by atoms with van der Waals surface area (Å²) < 4.78 is 0. The van der Waals surface area contributed by atoms with Crippen LogP contribution in [-0.4, -0.2) is 49.3 Å². The Morgan fingerprint density at radius 1 is 0.652 bits per heavy atom. The van der Waals surface area contributed by atoms with Crippen molar-refractivity contribution in [3.63, 3.8) is 0 Å². The van der Waals surface area contributed by atoms with Crippen LogP contribution in [0, 0.1) is 14.9 Å². The molecule has 23 heavy (non-hydrogen) atoms. The van der Waals surface area contributed by atoms with E-state index in [2.05, 4.69) is 41.5 Å². The molecule has 0 aromatic rings. The number of rotatable bonds is 0. The molecule has 1 heterocycles. The third-order valence-electron chi connectivity index (χ3n) is 3.75. The molecule has 4 nitrogen and oxygen atoms in total. The maximum absolute atomic E-state index is 4.79. The van der Waals surface area contributed by atoms with Crippen molar-refractivity contribution in [3.05, 3.63) is 36.1 Å². The fourth-order valence-corrected chi connectivity index (χ4v) is 2.97. The van der Waals surface area contributed by atoms with Gasteiger partial charge in [-0.3, -0.25) is 0 Å². The summed E-state index contributed by atoms with van der Waals surface area (Å²) in [5, 5.41) is 19.0. The Hall–Kier alpha value is 0.359. The second kappa shape index (κ2) is 12.7. The van der Waals surface area contributed by atoms with Crippen LogP contribution in [0.3, 0.4) is 0 Å². The first-order valence-electron chi connectivity index (χ1n) is 7.91. The van der Waals surface area contributed by atoms with Crippen molar-refractivity contribution in [2.45, 2.75) is 77.5 Å². The molecule has 0 spiro atoms. The zero-order chi connectivity index (χ0) is 15.2. The van der Waals surface area contributed by atoms with E-state index < -0.39 is 0 Å². The molecule has 1 aliphatic heterocycles. The molecule has 0 N–H and O–H groups in total. The molecular formula is C18H38MnN4-6. The Morgan fingerprint density at radius 2 is 0.957 bits per heavy atom. The van der Waals surface area contributed by atoms with Gasteiger partial charge in [0.05, 0.1) is 0 Å². The monoisotopic (exact) mass is 365 g/mol. The summed E-state index contributed by atoms with van der Waals surface area (Å²) in [7, 11) is 0. The van der Waals surface area contributed by atoms with Gasteiger partial charge in [0, 0.05) is 17.1 Å². The minimum absolute atomic E-state index is 0. The molecule has 0 amide bonds. The summed E-state index contributed by atoms with van der Waals surface area (Å²) in [5.41, 5.74) is 0.00438. The number of hydrogen-bond donors (Lipinski definition) is 0. The first-order chi connectivity index (χ1) is 9.20. The van der Waals surface area contributed by atoms with Gasteiger partial charge in [0.1, 0.15) is 0 Å². The van der Waals surface area contributed by atoms with E-state index in [1.54, 1.807) is 0 Å². The Morgan fingerprint density at radius 3 is 1.26 bits per heavy atom. The van der Waals surface area contributed by atoms with E-state index in [-0.39, 0.29) is 43.0 Å². The van der Waals surface area contributed by atoms with Crippen molar-refractivity contribution >= 4 is 0 Å². The molecule has 1 rings (SSSR count). The summed E-state index contributed by atoms with van der Waals surface area (Å²) in [6.45, 7) is 16.4. The number of nitrogens with zero attached hydrogens (tertiary/aromatic N) is 4. The molecule has 0 bridgehead atoms. The van der Waals surface area contributed by atoms with Crippen molar-refractivity contribution in [1.82, 2.24) is 0 Å². The Balaban J connectivity index is -0.00000133. The minimum Gasteiger partial charge on any atom is -0.661 e. The molecule has 0 aliphatic carbocycles. The zero-order valence-corrected chi connectivity index (χ0v) is 17.7. The van der Waals surface area contributed by atoms with Crippen LogP contribution >= 0.6 is 0 Å². The second-order valence-corrected chi connectivity index (χ2v) is 7.31. The summed E-state index contributed by atoms with van der Waals surface area (Å²) in [6, 6.07) is 0.705. The molecule has 1 saturated heterocycles. The minimum atomic E-state index is 0. The summed E-state index contributed by atoms with van der Waals surface area (Å²) in [6.07, 6.45) is 2.01. The average molecular weight is 365 g/mol. The van der Waals surface area contributed by atoms with Crippen molar-refractivity contribution in [2.24, 2.45) is 0 Å². The van der Waals surface area contributed by atoms with Gasteiger partial charge >= 0.3 is 0 Å². The van der Waals surface area contributed by atoms with E-state index in [0.717, 1.165) is 39.0 Å². The third-order valence-corrected chi connectivity index (χ3v) is 3.75. The molecule has 5 heteroatoms. The Labute approximate surface area is 157 Å². The molecule has 0 aromatic heterocycles. The van der Waals surface area contributed by atoms with Crippen LogP contribution in [0.15, 0.2) is 0 Å². The van der Waals surface area contributed by atoms with Crippen LogP contribution in [-0.2, 0) is 17.1 Å². The number of hydrogen-bond acceptors (Lipinski definition) is 0. The van der Waals surface area contributed by atoms with Crippen molar-refractivity contribution < 1.29 is 17.1 Å². The topological polar surface area (TPSA) is 56.4 Å². The van der Waals surface area contributed by atoms with Gasteiger partial charge in [-0.1, -0.05) is 54.4 Å². The van der Waals surface area contributed by atoms with Crippen LogP contribution in [0.25, 0.3) is 21.3 Å². The van der Waals surface area contributed by atoms with Crippen LogP contribution in [0.4, 0.5) is 0 Å². The van der Waals surface area contributed by atoms with E-state index in [0.29, 0.717) is 12.1 Å². The van der Waals surface area contributed by atoms with Crippen LogP contribution in [0.2, 0.25) is 0 Å². The second-order valence-electron chi connectivity index (χ2n) is 7.31. The molecular weight excluding hydrogens is 327 g/mol. The van der Waals surface area contributed by atoms with Gasteiger partial charge in [-0.25, -0.2) is 0 Å². The fourth-order valence-electron chi connectivity index (χ4n) is 2.97. The van der Waals surface area contributed by atoms with Gasteiger partial charge in [-0.05, 0) is 0 Å². The predicted octanol–water partition coefficient (Wildman–Crippen LogP) is 5.51. The maximum atomic E-state index is 4.79. The van der Waals surface area contributed by atoms with E-state index >= 15 is 0 Å². The Kier molecular flexibility index (Phi) is 15.5. The SMILES string of the molecule is C[C@@H]1CC(C)(C)[N-]CC[N-][C@@H](C)CC(C)(C)[N-]CC[N-]1.[CH3-].[CH3-].[Mn]. The van der Waals surface area contributed by atoms with Gasteiger partial charge < -0.3 is 36.1 Å². The van der Waals surface area contributed by atoms with Gasteiger partial charge in [0.25, 0.3) is 0 Å². The average Bonchev–Trinajstić information content (AvgIpc) is 2.28. The molecule has 0 saturated carbocycles. The van der Waals surface area contributed by atoms with Crippen LogP contribution < -0.4 is 0 Å². The third kappa shape index (κ3) is 13.3.